The third-order valence-electron chi connectivity index (χ3n) is 6.98. The highest BCUT2D eigenvalue weighted by Gasteiger charge is 2.25. The quantitative estimate of drug-likeness (QED) is 0.277. The van der Waals surface area contributed by atoms with Crippen molar-refractivity contribution in [1.82, 2.24) is 20.2 Å². The van der Waals surface area contributed by atoms with Crippen LogP contribution in [-0.4, -0.2) is 59.8 Å². The highest BCUT2D eigenvalue weighted by molar-refractivity contribution is 7.20. The van der Waals surface area contributed by atoms with E-state index in [4.69, 9.17) is 21.1 Å². The number of rotatable bonds is 7. The molecule has 0 saturated carbocycles. The van der Waals surface area contributed by atoms with Crippen LogP contribution in [0.15, 0.2) is 54.9 Å². The molecular formula is C30H29ClFN5O2S. The molecule has 0 aliphatic carbocycles. The lowest BCUT2D eigenvalue weighted by atomic mass is 10.2. The molecule has 6 rings (SSSR count). The molecule has 2 saturated heterocycles. The average Bonchev–Trinajstić information content (AvgIpc) is 3.59. The van der Waals surface area contributed by atoms with Gasteiger partial charge in [0, 0.05) is 31.4 Å². The van der Waals surface area contributed by atoms with Crippen molar-refractivity contribution in [1.29, 1.82) is 0 Å². The third kappa shape index (κ3) is 6.72. The zero-order chi connectivity index (χ0) is 27.3. The molecule has 4 aromatic rings. The molecule has 0 spiro atoms. The van der Waals surface area contributed by atoms with E-state index in [9.17, 15) is 4.39 Å². The van der Waals surface area contributed by atoms with Crippen molar-refractivity contribution < 1.29 is 13.9 Å². The molecule has 4 heterocycles. The van der Waals surface area contributed by atoms with Gasteiger partial charge in [0.25, 0.3) is 0 Å². The Morgan fingerprint density at radius 1 is 1.15 bits per heavy atom. The fraction of sp³-hybridized carbons (Fsp3) is 0.333. The number of aromatic nitrogens is 2. The maximum absolute atomic E-state index is 13.4. The topological polar surface area (TPSA) is 71.5 Å². The third-order valence-corrected chi connectivity index (χ3v) is 8.32. The summed E-state index contributed by atoms with van der Waals surface area (Å²) in [6.45, 7) is 4.95. The van der Waals surface area contributed by atoms with Crippen LogP contribution in [0.5, 0.6) is 5.75 Å². The predicted molar refractivity (Wildman–Crippen MR) is 157 cm³/mol. The van der Waals surface area contributed by atoms with E-state index in [2.05, 4.69) is 37.3 Å². The maximum Gasteiger partial charge on any atom is 0.151 e. The van der Waals surface area contributed by atoms with Crippen LogP contribution < -0.4 is 15.4 Å². The molecule has 10 heteroatoms. The number of ether oxygens (including phenoxy) is 2. The second-order valence-electron chi connectivity index (χ2n) is 9.91. The molecule has 40 heavy (non-hydrogen) atoms. The van der Waals surface area contributed by atoms with Gasteiger partial charge in [-0.25, -0.2) is 14.4 Å². The van der Waals surface area contributed by atoms with Crippen LogP contribution in [0.25, 0.3) is 10.2 Å². The SMILES string of the molecule is Fc1cccc(COc2ccc(Nc3ncnc4cc(C#C[C@H]5CC[C@H](CN6CCOCC6)N5)sc34)cc2Cl)c1. The highest BCUT2D eigenvalue weighted by Crippen LogP contribution is 2.33. The van der Waals surface area contributed by atoms with Gasteiger partial charge >= 0.3 is 0 Å². The fourth-order valence-corrected chi connectivity index (χ4v) is 6.11. The molecule has 2 aliphatic heterocycles. The van der Waals surface area contributed by atoms with Gasteiger partial charge in [-0.05, 0) is 54.8 Å². The van der Waals surface area contributed by atoms with Crippen molar-refractivity contribution >= 4 is 44.7 Å². The second kappa shape index (κ2) is 12.5. The molecular weight excluding hydrogens is 549 g/mol. The monoisotopic (exact) mass is 577 g/mol. The minimum Gasteiger partial charge on any atom is -0.487 e. The van der Waals surface area contributed by atoms with E-state index >= 15 is 0 Å². The number of benzene rings is 2. The van der Waals surface area contributed by atoms with Crippen LogP contribution >= 0.6 is 22.9 Å². The summed E-state index contributed by atoms with van der Waals surface area (Å²) >= 11 is 8.05. The predicted octanol–water partition coefficient (Wildman–Crippen LogP) is 5.61. The standard InChI is InChI=1S/C30H29ClFN5O2S/c31-26-15-23(7-9-28(26)39-18-20-2-1-3-21(32)14-20)36-30-29-27(33-19-34-30)16-25(40-29)8-6-22-4-5-24(35-22)17-37-10-12-38-13-11-37/h1-3,7,9,14-16,19,22,24,35H,4-5,10-13,17-18H2,(H,33,34,36)/t22-,24-/m1/s1. The number of nitrogens with one attached hydrogen (secondary N) is 2. The zero-order valence-corrected chi connectivity index (χ0v) is 23.4. The van der Waals surface area contributed by atoms with Gasteiger partial charge < -0.3 is 14.8 Å². The van der Waals surface area contributed by atoms with E-state index in [0.717, 1.165) is 72.0 Å². The fourth-order valence-electron chi connectivity index (χ4n) is 4.96. The van der Waals surface area contributed by atoms with Crippen molar-refractivity contribution in [2.24, 2.45) is 0 Å². The molecule has 0 amide bonds. The second-order valence-corrected chi connectivity index (χ2v) is 11.4. The molecule has 2 fully saturated rings. The molecule has 7 nitrogen and oxygen atoms in total. The Balaban J connectivity index is 1.09. The smallest absolute Gasteiger partial charge is 0.151 e. The van der Waals surface area contributed by atoms with E-state index < -0.39 is 0 Å². The number of hydrogen-bond donors (Lipinski definition) is 2. The molecule has 2 aromatic heterocycles. The largest absolute Gasteiger partial charge is 0.487 e. The lowest BCUT2D eigenvalue weighted by molar-refractivity contribution is 0.0343. The van der Waals surface area contributed by atoms with E-state index in [-0.39, 0.29) is 18.5 Å². The lowest BCUT2D eigenvalue weighted by Gasteiger charge is -2.29. The van der Waals surface area contributed by atoms with E-state index in [0.29, 0.717) is 22.6 Å². The number of halogens is 2. The number of nitrogens with zero attached hydrogens (tertiary/aromatic N) is 3. The van der Waals surface area contributed by atoms with Crippen molar-refractivity contribution in [3.8, 4) is 17.6 Å². The molecule has 0 bridgehead atoms. The van der Waals surface area contributed by atoms with Crippen LogP contribution in [0.2, 0.25) is 5.02 Å². The first kappa shape index (κ1) is 26.9. The van der Waals surface area contributed by atoms with Gasteiger partial charge in [-0.2, -0.15) is 0 Å². The van der Waals surface area contributed by atoms with Gasteiger partial charge in [0.1, 0.15) is 24.5 Å². The molecule has 0 unspecified atom stereocenters. The summed E-state index contributed by atoms with van der Waals surface area (Å²) in [7, 11) is 0. The number of anilines is 2. The Bertz CT molecular complexity index is 1550. The van der Waals surface area contributed by atoms with Crippen LogP contribution in [0.4, 0.5) is 15.9 Å². The summed E-state index contributed by atoms with van der Waals surface area (Å²) in [6.07, 6.45) is 3.74. The summed E-state index contributed by atoms with van der Waals surface area (Å²) < 4.78 is 25.6. The van der Waals surface area contributed by atoms with Crippen molar-refractivity contribution in [2.75, 3.05) is 38.2 Å². The Hall–Kier alpha value is -3.26. The van der Waals surface area contributed by atoms with Gasteiger partial charge in [0.05, 0.1) is 39.4 Å². The van der Waals surface area contributed by atoms with Crippen molar-refractivity contribution in [2.45, 2.75) is 31.5 Å². The number of fused-ring (bicyclic) bond motifs is 1. The number of thiophene rings is 1. The van der Waals surface area contributed by atoms with Crippen LogP contribution in [-0.2, 0) is 11.3 Å². The van der Waals surface area contributed by atoms with Gasteiger partial charge in [-0.1, -0.05) is 35.6 Å². The minimum absolute atomic E-state index is 0.198. The molecule has 0 radical (unpaired) electrons. The average molecular weight is 578 g/mol. The van der Waals surface area contributed by atoms with Gasteiger partial charge in [-0.15, -0.1) is 11.3 Å². The van der Waals surface area contributed by atoms with E-state index in [1.54, 1.807) is 41.9 Å². The zero-order valence-electron chi connectivity index (χ0n) is 21.8. The van der Waals surface area contributed by atoms with Gasteiger partial charge in [-0.3, -0.25) is 10.2 Å². The molecule has 2 aromatic carbocycles. The molecule has 2 atom stereocenters. The number of morpholine rings is 1. The summed E-state index contributed by atoms with van der Waals surface area (Å²) in [4.78, 5) is 12.3. The van der Waals surface area contributed by atoms with E-state index in [1.165, 1.54) is 12.1 Å². The Labute approximate surface area is 241 Å². The van der Waals surface area contributed by atoms with Crippen LogP contribution in [0.3, 0.4) is 0 Å². The van der Waals surface area contributed by atoms with Crippen molar-refractivity contribution in [3.63, 3.8) is 0 Å². The van der Waals surface area contributed by atoms with Gasteiger partial charge in [0.2, 0.25) is 0 Å². The summed E-state index contributed by atoms with van der Waals surface area (Å²) in [5, 5.41) is 7.48. The Kier molecular flexibility index (Phi) is 8.42. The summed E-state index contributed by atoms with van der Waals surface area (Å²) in [5.74, 6) is 7.69. The molecule has 2 N–H and O–H groups in total. The Morgan fingerprint density at radius 2 is 2.05 bits per heavy atom. The summed E-state index contributed by atoms with van der Waals surface area (Å²) in [6, 6.07) is 14.4. The summed E-state index contributed by atoms with van der Waals surface area (Å²) in [5.41, 5.74) is 2.35. The molecule has 2 aliphatic rings. The van der Waals surface area contributed by atoms with Crippen LogP contribution in [0.1, 0.15) is 23.3 Å². The normalized spacial score (nSPS) is 19.4. The minimum atomic E-state index is -0.297. The first-order valence-electron chi connectivity index (χ1n) is 13.3. The Morgan fingerprint density at radius 3 is 2.90 bits per heavy atom. The van der Waals surface area contributed by atoms with Gasteiger partial charge in [0.15, 0.2) is 5.82 Å². The maximum atomic E-state index is 13.4. The lowest BCUT2D eigenvalue weighted by Crippen LogP contribution is -2.44. The van der Waals surface area contributed by atoms with Crippen LogP contribution in [0, 0.1) is 17.7 Å². The van der Waals surface area contributed by atoms with E-state index in [1.807, 2.05) is 12.1 Å². The number of hydrogen-bond acceptors (Lipinski definition) is 8. The van der Waals surface area contributed by atoms with Crippen molar-refractivity contribution in [3.05, 3.63) is 76.1 Å². The highest BCUT2D eigenvalue weighted by atomic mass is 35.5. The first-order valence-corrected chi connectivity index (χ1v) is 14.5. The first-order chi connectivity index (χ1) is 19.6. The molecule has 206 valence electrons.